The Labute approximate surface area is 194 Å². The summed E-state index contributed by atoms with van der Waals surface area (Å²) in [6.07, 6.45) is 0.866. The summed E-state index contributed by atoms with van der Waals surface area (Å²) in [4.78, 5) is 10.1. The molecule has 0 saturated heterocycles. The molecule has 0 aliphatic rings. The molecule has 162 valence electrons. The molecule has 7 nitrogen and oxygen atoms in total. The van der Waals surface area contributed by atoms with Gasteiger partial charge in [-0.05, 0) is 38.5 Å². The predicted molar refractivity (Wildman–Crippen MR) is 130 cm³/mol. The first-order chi connectivity index (χ1) is 13.5. The number of aryl methyl sites for hydroxylation is 2. The van der Waals surface area contributed by atoms with Crippen molar-refractivity contribution in [3.8, 4) is 17.2 Å². The Morgan fingerprint density at radius 1 is 1.14 bits per heavy atom. The van der Waals surface area contributed by atoms with Gasteiger partial charge in [-0.25, -0.2) is 4.98 Å². The highest BCUT2D eigenvalue weighted by Crippen LogP contribution is 2.38. The van der Waals surface area contributed by atoms with Gasteiger partial charge in [0, 0.05) is 31.4 Å². The summed E-state index contributed by atoms with van der Waals surface area (Å²) in [6.45, 7) is 7.96. The van der Waals surface area contributed by atoms with Crippen molar-refractivity contribution in [1.29, 1.82) is 0 Å². The minimum absolute atomic E-state index is 0. The number of nitrogens with one attached hydrogen (secondary N) is 2. The standard InChI is InChI=1S/C20H30N4O3S.HI/c1-7-27-19-16(25-5)10-15(11-17(19)26-6)12-23-20(21-4)22-9-8-18-24-13(2)14(3)28-18;/h10-11H,7-9,12H2,1-6H3,(H2,21,22,23);1H. The lowest BCUT2D eigenvalue weighted by Crippen LogP contribution is -2.37. The largest absolute Gasteiger partial charge is 0.493 e. The van der Waals surface area contributed by atoms with Crippen LogP contribution in [0.15, 0.2) is 17.1 Å². The van der Waals surface area contributed by atoms with Crippen LogP contribution in [0.3, 0.4) is 0 Å². The minimum Gasteiger partial charge on any atom is -0.493 e. The van der Waals surface area contributed by atoms with Crippen molar-refractivity contribution in [3.05, 3.63) is 33.3 Å². The van der Waals surface area contributed by atoms with E-state index in [-0.39, 0.29) is 24.0 Å². The van der Waals surface area contributed by atoms with Crippen LogP contribution in [0.4, 0.5) is 0 Å². The van der Waals surface area contributed by atoms with Crippen molar-refractivity contribution < 1.29 is 14.2 Å². The molecule has 0 aliphatic heterocycles. The summed E-state index contributed by atoms with van der Waals surface area (Å²) in [5.74, 6) is 2.65. The predicted octanol–water partition coefficient (Wildman–Crippen LogP) is 3.70. The number of aromatic nitrogens is 1. The van der Waals surface area contributed by atoms with E-state index in [1.807, 2.05) is 26.0 Å². The number of methoxy groups -OCH3 is 2. The van der Waals surface area contributed by atoms with E-state index in [2.05, 4.69) is 27.5 Å². The van der Waals surface area contributed by atoms with Crippen molar-refractivity contribution in [2.75, 3.05) is 34.4 Å². The lowest BCUT2D eigenvalue weighted by Gasteiger charge is -2.16. The Morgan fingerprint density at radius 2 is 1.79 bits per heavy atom. The molecular formula is C20H31IN4O3S. The fraction of sp³-hybridized carbons (Fsp3) is 0.500. The molecule has 0 radical (unpaired) electrons. The summed E-state index contributed by atoms with van der Waals surface area (Å²) in [5, 5.41) is 7.77. The van der Waals surface area contributed by atoms with Gasteiger partial charge in [0.15, 0.2) is 17.5 Å². The molecule has 2 aromatic rings. The first kappa shape index (κ1) is 25.3. The topological polar surface area (TPSA) is 77.0 Å². The van der Waals surface area contributed by atoms with E-state index < -0.39 is 0 Å². The van der Waals surface area contributed by atoms with Crippen LogP contribution in [0.2, 0.25) is 0 Å². The number of thiazole rings is 1. The number of nitrogens with zero attached hydrogens (tertiary/aromatic N) is 2. The Bertz CT molecular complexity index is 767. The monoisotopic (exact) mass is 534 g/mol. The minimum atomic E-state index is 0. The van der Waals surface area contributed by atoms with E-state index in [4.69, 9.17) is 14.2 Å². The smallest absolute Gasteiger partial charge is 0.203 e. The van der Waals surface area contributed by atoms with E-state index in [0.717, 1.165) is 35.2 Å². The lowest BCUT2D eigenvalue weighted by atomic mass is 10.2. The third-order valence-corrected chi connectivity index (χ3v) is 5.33. The molecule has 0 aliphatic carbocycles. The van der Waals surface area contributed by atoms with Gasteiger partial charge in [-0.3, -0.25) is 4.99 Å². The zero-order valence-electron chi connectivity index (χ0n) is 17.9. The third kappa shape index (κ3) is 7.22. The lowest BCUT2D eigenvalue weighted by molar-refractivity contribution is 0.288. The van der Waals surface area contributed by atoms with Crippen molar-refractivity contribution in [3.63, 3.8) is 0 Å². The fourth-order valence-corrected chi connectivity index (χ4v) is 3.60. The number of hydrogen-bond donors (Lipinski definition) is 2. The maximum Gasteiger partial charge on any atom is 0.203 e. The van der Waals surface area contributed by atoms with E-state index in [1.54, 1.807) is 32.6 Å². The van der Waals surface area contributed by atoms with Crippen LogP contribution < -0.4 is 24.8 Å². The van der Waals surface area contributed by atoms with Gasteiger partial charge in [-0.1, -0.05) is 0 Å². The van der Waals surface area contributed by atoms with Gasteiger partial charge in [0.2, 0.25) is 5.75 Å². The van der Waals surface area contributed by atoms with Crippen molar-refractivity contribution in [2.45, 2.75) is 33.7 Å². The first-order valence-corrected chi connectivity index (χ1v) is 10.1. The SMILES string of the molecule is CCOc1c(OC)cc(CNC(=NC)NCCc2nc(C)c(C)s2)cc1OC.I. The third-order valence-electron chi connectivity index (χ3n) is 4.20. The van der Waals surface area contributed by atoms with E-state index >= 15 is 0 Å². The van der Waals surface area contributed by atoms with Gasteiger partial charge in [-0.2, -0.15) is 0 Å². The molecule has 29 heavy (non-hydrogen) atoms. The molecule has 0 bridgehead atoms. The maximum absolute atomic E-state index is 5.65. The van der Waals surface area contributed by atoms with Crippen LogP contribution in [-0.4, -0.2) is 45.4 Å². The van der Waals surface area contributed by atoms with Crippen LogP contribution in [0.5, 0.6) is 17.2 Å². The van der Waals surface area contributed by atoms with E-state index in [9.17, 15) is 0 Å². The molecule has 0 fully saturated rings. The summed E-state index contributed by atoms with van der Waals surface area (Å²) in [6, 6.07) is 3.88. The number of benzene rings is 1. The Kier molecular flexibility index (Phi) is 11.1. The Hall–Kier alpha value is -1.75. The molecule has 0 spiro atoms. The molecule has 0 saturated carbocycles. The number of hydrogen-bond acceptors (Lipinski definition) is 6. The zero-order chi connectivity index (χ0) is 20.5. The highest BCUT2D eigenvalue weighted by atomic mass is 127. The first-order valence-electron chi connectivity index (χ1n) is 9.27. The Balaban J connectivity index is 0.00000420. The normalized spacial score (nSPS) is 10.9. The quantitative estimate of drug-likeness (QED) is 0.290. The summed E-state index contributed by atoms with van der Waals surface area (Å²) < 4.78 is 16.6. The molecule has 1 aromatic carbocycles. The summed E-state index contributed by atoms with van der Waals surface area (Å²) in [7, 11) is 5.00. The van der Waals surface area contributed by atoms with Gasteiger partial charge in [0.1, 0.15) is 0 Å². The molecular weight excluding hydrogens is 503 g/mol. The number of guanidine groups is 1. The average Bonchev–Trinajstić information content (AvgIpc) is 3.02. The average molecular weight is 534 g/mol. The van der Waals surface area contributed by atoms with Crippen LogP contribution in [0.1, 0.15) is 28.1 Å². The van der Waals surface area contributed by atoms with Gasteiger partial charge in [0.05, 0.1) is 31.5 Å². The molecule has 9 heteroatoms. The van der Waals surface area contributed by atoms with Crippen LogP contribution in [0.25, 0.3) is 0 Å². The van der Waals surface area contributed by atoms with E-state index in [1.165, 1.54) is 4.88 Å². The van der Waals surface area contributed by atoms with Crippen LogP contribution in [-0.2, 0) is 13.0 Å². The van der Waals surface area contributed by atoms with Gasteiger partial charge in [0.25, 0.3) is 0 Å². The molecule has 2 rings (SSSR count). The second-order valence-corrected chi connectivity index (χ2v) is 7.40. The molecule has 0 atom stereocenters. The summed E-state index contributed by atoms with van der Waals surface area (Å²) >= 11 is 1.75. The number of halogens is 1. The van der Waals surface area contributed by atoms with Gasteiger partial charge >= 0.3 is 0 Å². The number of ether oxygens (including phenoxy) is 3. The van der Waals surface area contributed by atoms with Crippen molar-refractivity contribution in [1.82, 2.24) is 15.6 Å². The molecule has 2 N–H and O–H groups in total. The highest BCUT2D eigenvalue weighted by Gasteiger charge is 2.14. The van der Waals surface area contributed by atoms with Gasteiger partial charge in [-0.15, -0.1) is 35.3 Å². The van der Waals surface area contributed by atoms with Crippen LogP contribution >= 0.6 is 35.3 Å². The number of aliphatic imine (C=N–C) groups is 1. The maximum atomic E-state index is 5.65. The molecule has 1 heterocycles. The second-order valence-electron chi connectivity index (χ2n) is 6.11. The second kappa shape index (κ2) is 12.7. The molecule has 0 amide bonds. The van der Waals surface area contributed by atoms with Crippen molar-refractivity contribution in [2.24, 2.45) is 4.99 Å². The van der Waals surface area contributed by atoms with Gasteiger partial charge < -0.3 is 24.8 Å². The van der Waals surface area contributed by atoms with Crippen LogP contribution in [0, 0.1) is 13.8 Å². The Morgan fingerprint density at radius 3 is 2.28 bits per heavy atom. The van der Waals surface area contributed by atoms with E-state index in [0.29, 0.717) is 30.4 Å². The van der Waals surface area contributed by atoms with Crippen molar-refractivity contribution >= 4 is 41.3 Å². The zero-order valence-corrected chi connectivity index (χ0v) is 21.1. The summed E-state index contributed by atoms with van der Waals surface area (Å²) in [5.41, 5.74) is 2.12. The fourth-order valence-electron chi connectivity index (χ4n) is 2.66. The number of rotatable bonds is 9. The molecule has 0 unspecified atom stereocenters. The highest BCUT2D eigenvalue weighted by molar-refractivity contribution is 14.0. The molecule has 1 aromatic heterocycles.